The summed E-state index contributed by atoms with van der Waals surface area (Å²) in [6.07, 6.45) is 43.3. The predicted octanol–water partition coefficient (Wildman–Crippen LogP) is 20.1. The minimum atomic E-state index is -4.95. The van der Waals surface area contributed by atoms with Gasteiger partial charge in [-0.3, -0.25) is 37.3 Å². The van der Waals surface area contributed by atoms with Crippen LogP contribution in [-0.2, 0) is 65.4 Å². The summed E-state index contributed by atoms with van der Waals surface area (Å²) in [6, 6.07) is 0. The molecule has 0 aliphatic heterocycles. The van der Waals surface area contributed by atoms with Crippen LogP contribution in [0.5, 0.6) is 0 Å². The molecule has 3 N–H and O–H groups in total. The molecule has 4 unspecified atom stereocenters. The van der Waals surface area contributed by atoms with Crippen LogP contribution in [-0.4, -0.2) is 96.7 Å². The molecule has 0 saturated heterocycles. The van der Waals surface area contributed by atoms with Gasteiger partial charge < -0.3 is 33.8 Å². The van der Waals surface area contributed by atoms with Crippen molar-refractivity contribution in [2.24, 2.45) is 23.7 Å². The van der Waals surface area contributed by atoms with Crippen molar-refractivity contribution < 1.29 is 80.2 Å². The van der Waals surface area contributed by atoms with Crippen LogP contribution in [0.15, 0.2) is 0 Å². The number of aliphatic hydroxyl groups is 1. The molecule has 0 fully saturated rings. The van der Waals surface area contributed by atoms with Gasteiger partial charge in [0, 0.05) is 25.7 Å². The molecule has 0 radical (unpaired) electrons. The Morgan fingerprint density at radius 1 is 0.311 bits per heavy atom. The number of unbranched alkanes of at least 4 members (excludes halogenated alkanes) is 33. The zero-order valence-electron chi connectivity index (χ0n) is 58.8. The summed E-state index contributed by atoms with van der Waals surface area (Å²) in [5.74, 6) is 0.824. The van der Waals surface area contributed by atoms with Crippen LogP contribution in [0.1, 0.15) is 351 Å². The highest BCUT2D eigenvalue weighted by molar-refractivity contribution is 7.47. The van der Waals surface area contributed by atoms with Crippen molar-refractivity contribution in [1.82, 2.24) is 0 Å². The highest BCUT2D eigenvalue weighted by Gasteiger charge is 2.30. The monoisotopic (exact) mass is 1320 g/mol. The first-order valence-electron chi connectivity index (χ1n) is 36.7. The van der Waals surface area contributed by atoms with Crippen LogP contribution >= 0.6 is 15.6 Å². The Balaban J connectivity index is 5.19. The van der Waals surface area contributed by atoms with Crippen molar-refractivity contribution in [1.29, 1.82) is 0 Å². The van der Waals surface area contributed by atoms with Gasteiger partial charge in [0.25, 0.3) is 0 Å². The van der Waals surface area contributed by atoms with Gasteiger partial charge in [0.05, 0.1) is 26.4 Å². The minimum absolute atomic E-state index is 0.104. The van der Waals surface area contributed by atoms with Crippen LogP contribution < -0.4 is 0 Å². The molecule has 19 heteroatoms. The zero-order chi connectivity index (χ0) is 66.8. The fourth-order valence-electron chi connectivity index (χ4n) is 10.6. The summed E-state index contributed by atoms with van der Waals surface area (Å²) >= 11 is 0. The van der Waals surface area contributed by atoms with Gasteiger partial charge in [0.1, 0.15) is 19.3 Å². The van der Waals surface area contributed by atoms with E-state index in [1.54, 1.807) is 0 Å². The number of aliphatic hydroxyl groups excluding tert-OH is 1. The van der Waals surface area contributed by atoms with Gasteiger partial charge in [0.15, 0.2) is 12.2 Å². The summed E-state index contributed by atoms with van der Waals surface area (Å²) in [6.45, 7) is 14.0. The van der Waals surface area contributed by atoms with Crippen molar-refractivity contribution >= 4 is 39.5 Å². The van der Waals surface area contributed by atoms with E-state index in [2.05, 4.69) is 55.4 Å². The fraction of sp³-hybridized carbons (Fsp3) is 0.944. The number of esters is 4. The predicted molar refractivity (Wildman–Crippen MR) is 363 cm³/mol. The second kappa shape index (κ2) is 60.7. The molecule has 0 spiro atoms. The smallest absolute Gasteiger partial charge is 0.462 e. The standard InChI is InChI=1S/C71H138O17P2/c1-9-64(8)50-42-34-28-30-36-44-52-69(74)82-58-67(88-71(76)54-46-38-26-22-18-20-24-32-40-48-62(4)5)60-86-90(79,80)84-56-65(72)55-83-89(77,78)85-59-66(57-81-68(73)51-43-35-29-27-33-41-49-63(6)7)87-70(75)53-45-37-25-21-17-15-13-11-10-12-14-16-19-23-31-39-47-61(2)3/h61-67,72H,9-60H2,1-8H3,(H,77,78)(H,79,80)/t64?,65?,66-,67-/m1/s1. The van der Waals surface area contributed by atoms with Crippen molar-refractivity contribution in [3.8, 4) is 0 Å². The molecule has 0 aromatic heterocycles. The Morgan fingerprint density at radius 2 is 0.533 bits per heavy atom. The molecule has 534 valence electrons. The normalized spacial score (nSPS) is 14.6. The van der Waals surface area contributed by atoms with E-state index in [1.807, 2.05) is 0 Å². The summed E-state index contributed by atoms with van der Waals surface area (Å²) in [5.41, 5.74) is 0. The van der Waals surface area contributed by atoms with Gasteiger partial charge >= 0.3 is 39.5 Å². The fourth-order valence-corrected chi connectivity index (χ4v) is 12.2. The number of hydrogen-bond acceptors (Lipinski definition) is 15. The summed E-state index contributed by atoms with van der Waals surface area (Å²) in [7, 11) is -9.90. The number of phosphoric acid groups is 2. The molecular formula is C71H138O17P2. The molecule has 0 rings (SSSR count). The molecule has 0 aromatic carbocycles. The van der Waals surface area contributed by atoms with E-state index in [4.69, 9.17) is 37.0 Å². The Hall–Kier alpha value is -1.94. The number of carbonyl (C=O) groups is 4. The van der Waals surface area contributed by atoms with Crippen LogP contribution in [0, 0.1) is 23.7 Å². The molecule has 0 aliphatic carbocycles. The molecule has 17 nitrogen and oxygen atoms in total. The molecule has 0 bridgehead atoms. The van der Waals surface area contributed by atoms with E-state index in [1.165, 1.54) is 141 Å². The quantitative estimate of drug-likeness (QED) is 0.0222. The molecule has 0 saturated carbocycles. The second-order valence-corrected chi connectivity index (χ2v) is 30.2. The Bertz CT molecular complexity index is 1780. The highest BCUT2D eigenvalue weighted by atomic mass is 31.2. The number of ether oxygens (including phenoxy) is 4. The van der Waals surface area contributed by atoms with Gasteiger partial charge in [-0.15, -0.1) is 0 Å². The maximum atomic E-state index is 13.0. The van der Waals surface area contributed by atoms with Crippen LogP contribution in [0.4, 0.5) is 0 Å². The first-order chi connectivity index (χ1) is 43.1. The Kier molecular flexibility index (Phi) is 59.4. The molecule has 0 aliphatic rings. The van der Waals surface area contributed by atoms with Gasteiger partial charge in [0.2, 0.25) is 0 Å². The Morgan fingerprint density at radius 3 is 0.789 bits per heavy atom. The lowest BCUT2D eigenvalue weighted by molar-refractivity contribution is -0.161. The molecule has 0 heterocycles. The average molecular weight is 1330 g/mol. The molecular weight excluding hydrogens is 1190 g/mol. The summed E-state index contributed by atoms with van der Waals surface area (Å²) in [5, 5.41) is 10.6. The van der Waals surface area contributed by atoms with E-state index in [0.29, 0.717) is 31.6 Å². The van der Waals surface area contributed by atoms with E-state index < -0.39 is 97.5 Å². The first-order valence-corrected chi connectivity index (χ1v) is 39.7. The SMILES string of the molecule is CCC(C)CCCCCCCCC(=O)OC[C@H](COP(=O)(O)OCC(O)COP(=O)(O)OC[C@@H](COC(=O)CCCCCCCCC(C)C)OC(=O)CCCCCCCCCCCCCCCCCCC(C)C)OC(=O)CCCCCCCCCCCC(C)C. The summed E-state index contributed by atoms with van der Waals surface area (Å²) in [4.78, 5) is 72.5. The first kappa shape index (κ1) is 88.1. The van der Waals surface area contributed by atoms with E-state index in [9.17, 15) is 43.2 Å². The van der Waals surface area contributed by atoms with Crippen LogP contribution in [0.2, 0.25) is 0 Å². The van der Waals surface area contributed by atoms with E-state index >= 15 is 0 Å². The van der Waals surface area contributed by atoms with Crippen molar-refractivity contribution in [2.75, 3.05) is 39.6 Å². The van der Waals surface area contributed by atoms with Crippen molar-refractivity contribution in [3.63, 3.8) is 0 Å². The molecule has 6 atom stereocenters. The van der Waals surface area contributed by atoms with Gasteiger partial charge in [-0.1, -0.05) is 299 Å². The third-order valence-corrected chi connectivity index (χ3v) is 18.6. The van der Waals surface area contributed by atoms with Gasteiger partial charge in [-0.05, 0) is 49.4 Å². The zero-order valence-corrected chi connectivity index (χ0v) is 60.6. The van der Waals surface area contributed by atoms with Gasteiger partial charge in [-0.2, -0.15) is 0 Å². The lowest BCUT2D eigenvalue weighted by Gasteiger charge is -2.21. The van der Waals surface area contributed by atoms with Gasteiger partial charge in [-0.25, -0.2) is 9.13 Å². The van der Waals surface area contributed by atoms with E-state index in [-0.39, 0.29) is 25.7 Å². The molecule has 0 aromatic rings. The lowest BCUT2D eigenvalue weighted by atomic mass is 10.00. The third-order valence-electron chi connectivity index (χ3n) is 16.7. The number of hydrogen-bond donors (Lipinski definition) is 3. The Labute approximate surface area is 549 Å². The minimum Gasteiger partial charge on any atom is -0.462 e. The summed E-state index contributed by atoms with van der Waals surface area (Å²) < 4.78 is 68.2. The molecule has 90 heavy (non-hydrogen) atoms. The maximum absolute atomic E-state index is 13.0. The van der Waals surface area contributed by atoms with E-state index in [0.717, 1.165) is 120 Å². The maximum Gasteiger partial charge on any atom is 0.472 e. The lowest BCUT2D eigenvalue weighted by Crippen LogP contribution is -2.30. The number of carbonyl (C=O) groups excluding carboxylic acids is 4. The van der Waals surface area contributed by atoms with Crippen LogP contribution in [0.3, 0.4) is 0 Å². The number of rotatable bonds is 68. The highest BCUT2D eigenvalue weighted by Crippen LogP contribution is 2.45. The largest absolute Gasteiger partial charge is 0.472 e. The second-order valence-electron chi connectivity index (χ2n) is 27.3. The number of phosphoric ester groups is 2. The van der Waals surface area contributed by atoms with Crippen LogP contribution in [0.25, 0.3) is 0 Å². The third kappa shape index (κ3) is 63.5. The topological polar surface area (TPSA) is 237 Å². The van der Waals surface area contributed by atoms with Crippen molar-refractivity contribution in [3.05, 3.63) is 0 Å². The molecule has 0 amide bonds. The average Bonchev–Trinajstić information content (AvgIpc) is 2.24. The van der Waals surface area contributed by atoms with Crippen molar-refractivity contribution in [2.45, 2.75) is 369 Å².